The zero-order valence-electron chi connectivity index (χ0n) is 19.3. The minimum absolute atomic E-state index is 0.0902. The van der Waals surface area contributed by atoms with Gasteiger partial charge in [0.2, 0.25) is 0 Å². The molecule has 1 aliphatic heterocycles. The molecule has 33 heavy (non-hydrogen) atoms. The van der Waals surface area contributed by atoms with Gasteiger partial charge < -0.3 is 14.9 Å². The maximum absolute atomic E-state index is 13.9. The molecule has 2 N–H and O–H groups in total. The Morgan fingerprint density at radius 3 is 2.76 bits per heavy atom. The molecule has 0 aliphatic carbocycles. The molecule has 2 aromatic rings. The fourth-order valence-electron chi connectivity index (χ4n) is 4.50. The third-order valence-electron chi connectivity index (χ3n) is 6.34. The predicted octanol–water partition coefficient (Wildman–Crippen LogP) is 4.44. The van der Waals surface area contributed by atoms with Crippen LogP contribution in [-0.4, -0.2) is 52.9 Å². The van der Waals surface area contributed by atoms with Gasteiger partial charge in [-0.15, -0.1) is 0 Å². The lowest BCUT2D eigenvalue weighted by molar-refractivity contribution is -0.136. The first-order valence-corrected chi connectivity index (χ1v) is 11.5. The molecule has 1 fully saturated rings. The largest absolute Gasteiger partial charge is 0.481 e. The fourth-order valence-corrected chi connectivity index (χ4v) is 4.50. The zero-order valence-corrected chi connectivity index (χ0v) is 19.3. The van der Waals surface area contributed by atoms with Crippen molar-refractivity contribution >= 4 is 5.97 Å². The minimum Gasteiger partial charge on any atom is -0.481 e. The van der Waals surface area contributed by atoms with Gasteiger partial charge in [-0.3, -0.25) is 9.69 Å². The quantitative estimate of drug-likeness (QED) is 0.518. The van der Waals surface area contributed by atoms with Crippen LogP contribution < -0.4 is 0 Å². The van der Waals surface area contributed by atoms with Gasteiger partial charge in [0.15, 0.2) is 0 Å². The maximum atomic E-state index is 13.9. The van der Waals surface area contributed by atoms with Crippen LogP contribution in [0.4, 0.5) is 8.78 Å². The highest BCUT2D eigenvalue weighted by molar-refractivity contribution is 5.67. The average Bonchev–Trinajstić information content (AvgIpc) is 3.19. The SMILES string of the molecule is Cc1ccc(C[C@@H]2CCCN2C[C@H](O)CO[C@H](C)c2ccc(F)cc2CCC(=O)O)cc1F. The number of aliphatic hydroxyl groups is 1. The third kappa shape index (κ3) is 7.32. The molecule has 1 heterocycles. The molecule has 1 aliphatic rings. The highest BCUT2D eigenvalue weighted by Crippen LogP contribution is 2.25. The number of hydrogen-bond acceptors (Lipinski definition) is 4. The van der Waals surface area contributed by atoms with Crippen LogP contribution in [0.15, 0.2) is 36.4 Å². The van der Waals surface area contributed by atoms with Gasteiger partial charge in [-0.25, -0.2) is 8.78 Å². The number of nitrogens with zero attached hydrogens (tertiary/aromatic N) is 1. The summed E-state index contributed by atoms with van der Waals surface area (Å²) in [5.74, 6) is -1.55. The summed E-state index contributed by atoms with van der Waals surface area (Å²) in [5.41, 5.74) is 2.92. The van der Waals surface area contributed by atoms with E-state index in [1.807, 2.05) is 13.0 Å². The summed E-state index contributed by atoms with van der Waals surface area (Å²) in [5, 5.41) is 19.5. The van der Waals surface area contributed by atoms with E-state index in [1.165, 1.54) is 12.1 Å². The van der Waals surface area contributed by atoms with Crippen LogP contribution in [0, 0.1) is 18.6 Å². The normalized spacial score (nSPS) is 18.4. The molecule has 2 aromatic carbocycles. The number of aliphatic hydroxyl groups excluding tert-OH is 1. The Balaban J connectivity index is 1.53. The molecule has 0 amide bonds. The Bertz CT molecular complexity index is 952. The van der Waals surface area contributed by atoms with Gasteiger partial charge in [0, 0.05) is 19.0 Å². The van der Waals surface area contributed by atoms with Crippen molar-refractivity contribution in [1.29, 1.82) is 0 Å². The van der Waals surface area contributed by atoms with Crippen molar-refractivity contribution in [3.05, 3.63) is 70.3 Å². The molecule has 0 saturated carbocycles. The molecule has 0 aromatic heterocycles. The number of carboxylic acid groups (broad SMARTS) is 1. The zero-order chi connectivity index (χ0) is 24.0. The number of rotatable bonds is 11. The molecule has 3 atom stereocenters. The molecule has 3 rings (SSSR count). The van der Waals surface area contributed by atoms with Crippen LogP contribution in [0.5, 0.6) is 0 Å². The number of β-amino-alcohol motifs (C(OH)–C–C–N with tert-alkyl or cyclic N) is 1. The molecule has 5 nitrogen and oxygen atoms in total. The Labute approximate surface area is 194 Å². The summed E-state index contributed by atoms with van der Waals surface area (Å²) >= 11 is 0. The number of carboxylic acids is 1. The van der Waals surface area contributed by atoms with Crippen molar-refractivity contribution < 1.29 is 28.5 Å². The van der Waals surface area contributed by atoms with Gasteiger partial charge in [-0.1, -0.05) is 18.2 Å². The Morgan fingerprint density at radius 1 is 1.24 bits per heavy atom. The van der Waals surface area contributed by atoms with Crippen molar-refractivity contribution in [3.63, 3.8) is 0 Å². The van der Waals surface area contributed by atoms with E-state index in [4.69, 9.17) is 9.84 Å². The van der Waals surface area contributed by atoms with Gasteiger partial charge in [-0.05, 0) is 86.5 Å². The van der Waals surface area contributed by atoms with E-state index in [0.29, 0.717) is 17.7 Å². The molecule has 0 radical (unpaired) electrons. The van der Waals surface area contributed by atoms with E-state index in [0.717, 1.165) is 36.9 Å². The second-order valence-corrected chi connectivity index (χ2v) is 8.94. The second-order valence-electron chi connectivity index (χ2n) is 8.94. The number of aryl methyl sites for hydroxylation is 2. The summed E-state index contributed by atoms with van der Waals surface area (Å²) < 4.78 is 33.4. The van der Waals surface area contributed by atoms with Gasteiger partial charge in [-0.2, -0.15) is 0 Å². The van der Waals surface area contributed by atoms with E-state index in [2.05, 4.69) is 4.90 Å². The number of ether oxygens (including phenoxy) is 1. The smallest absolute Gasteiger partial charge is 0.303 e. The maximum Gasteiger partial charge on any atom is 0.303 e. The van der Waals surface area contributed by atoms with Gasteiger partial charge in [0.25, 0.3) is 0 Å². The lowest BCUT2D eigenvalue weighted by Gasteiger charge is -2.27. The summed E-state index contributed by atoms with van der Waals surface area (Å²) in [7, 11) is 0. The average molecular weight is 462 g/mol. The first kappa shape index (κ1) is 25.3. The van der Waals surface area contributed by atoms with E-state index in [1.54, 1.807) is 25.1 Å². The van der Waals surface area contributed by atoms with E-state index in [9.17, 15) is 18.7 Å². The van der Waals surface area contributed by atoms with Gasteiger partial charge >= 0.3 is 5.97 Å². The number of hydrogen-bond donors (Lipinski definition) is 2. The number of benzene rings is 2. The summed E-state index contributed by atoms with van der Waals surface area (Å²) in [6, 6.07) is 9.89. The number of carbonyl (C=O) groups is 1. The monoisotopic (exact) mass is 461 g/mol. The van der Waals surface area contributed by atoms with Crippen molar-refractivity contribution in [3.8, 4) is 0 Å². The van der Waals surface area contributed by atoms with Crippen molar-refractivity contribution in [1.82, 2.24) is 4.90 Å². The molecule has 180 valence electrons. The van der Waals surface area contributed by atoms with Crippen molar-refractivity contribution in [2.75, 3.05) is 19.7 Å². The van der Waals surface area contributed by atoms with E-state index < -0.39 is 24.0 Å². The highest BCUT2D eigenvalue weighted by Gasteiger charge is 2.27. The Kier molecular flexibility index (Phi) is 8.95. The Hall–Kier alpha value is -2.35. The molecule has 1 saturated heterocycles. The molecule has 7 heteroatoms. The van der Waals surface area contributed by atoms with Crippen LogP contribution >= 0.6 is 0 Å². The van der Waals surface area contributed by atoms with Crippen LogP contribution in [0.1, 0.15) is 54.5 Å². The lowest BCUT2D eigenvalue weighted by atomic mass is 9.99. The van der Waals surface area contributed by atoms with Crippen LogP contribution in [-0.2, 0) is 22.4 Å². The second kappa shape index (κ2) is 11.7. The van der Waals surface area contributed by atoms with Crippen LogP contribution in [0.25, 0.3) is 0 Å². The van der Waals surface area contributed by atoms with Crippen molar-refractivity contribution in [2.45, 2.75) is 64.2 Å². The number of likely N-dealkylation sites (tertiary alicyclic amines) is 1. The van der Waals surface area contributed by atoms with E-state index in [-0.39, 0.29) is 31.3 Å². The Morgan fingerprint density at radius 2 is 2.03 bits per heavy atom. The predicted molar refractivity (Wildman–Crippen MR) is 122 cm³/mol. The minimum atomic E-state index is -0.942. The molecular formula is C26H33F2NO4. The molecule has 0 unspecified atom stereocenters. The lowest BCUT2D eigenvalue weighted by Crippen LogP contribution is -2.39. The van der Waals surface area contributed by atoms with Gasteiger partial charge in [0.1, 0.15) is 11.6 Å². The molecule has 0 spiro atoms. The summed E-state index contributed by atoms with van der Waals surface area (Å²) in [4.78, 5) is 13.1. The third-order valence-corrected chi connectivity index (χ3v) is 6.34. The van der Waals surface area contributed by atoms with Crippen LogP contribution in [0.3, 0.4) is 0 Å². The first-order chi connectivity index (χ1) is 15.7. The highest BCUT2D eigenvalue weighted by atomic mass is 19.1. The topological polar surface area (TPSA) is 70.0 Å². The number of halogens is 2. The van der Waals surface area contributed by atoms with Gasteiger partial charge in [0.05, 0.1) is 18.8 Å². The first-order valence-electron chi connectivity index (χ1n) is 11.5. The fraction of sp³-hybridized carbons (Fsp3) is 0.500. The molecule has 0 bridgehead atoms. The summed E-state index contributed by atoms with van der Waals surface area (Å²) in [6.45, 7) is 5.01. The standard InChI is InChI=1S/C26H33F2NO4/c1-17-5-6-19(13-25(17)28)12-22-4-3-11-29(22)15-23(30)16-33-18(2)24-9-8-21(27)14-20(24)7-10-26(31)32/h5-6,8-9,13-14,18,22-23,30H,3-4,7,10-12,15-16H2,1-2H3,(H,31,32)/t18-,22+,23+/m1/s1. The van der Waals surface area contributed by atoms with Crippen molar-refractivity contribution in [2.24, 2.45) is 0 Å². The molecular weight excluding hydrogens is 428 g/mol. The van der Waals surface area contributed by atoms with E-state index >= 15 is 0 Å². The van der Waals surface area contributed by atoms with Crippen LogP contribution in [0.2, 0.25) is 0 Å². The number of aliphatic carboxylic acids is 1. The summed E-state index contributed by atoms with van der Waals surface area (Å²) in [6.07, 6.45) is 1.79.